The van der Waals surface area contributed by atoms with Crippen LogP contribution in [-0.4, -0.2) is 33.9 Å². The average molecular weight is 527 g/mol. The average Bonchev–Trinajstić information content (AvgIpc) is 3.23. The van der Waals surface area contributed by atoms with Gasteiger partial charge in [0.1, 0.15) is 11.4 Å². The number of aryl methyl sites for hydroxylation is 1. The molecule has 2 aromatic heterocycles. The molecule has 4 rings (SSSR count). The molecule has 0 aliphatic rings. The first-order chi connectivity index (χ1) is 15.9. The Morgan fingerprint density at radius 3 is 2.82 bits per heavy atom. The molecule has 0 bridgehead atoms. The van der Waals surface area contributed by atoms with Gasteiger partial charge in [0.25, 0.3) is 11.5 Å². The molecule has 0 radical (unpaired) electrons. The molecule has 10 heteroatoms. The van der Waals surface area contributed by atoms with Crippen LogP contribution in [0.15, 0.2) is 62.5 Å². The normalized spacial score (nSPS) is 11.2. The number of methoxy groups -OCH3 is 1. The van der Waals surface area contributed by atoms with Crippen molar-refractivity contribution in [2.75, 3.05) is 7.11 Å². The number of hydrogen-bond acceptors (Lipinski definition) is 7. The van der Waals surface area contributed by atoms with Gasteiger partial charge < -0.3 is 9.84 Å². The first-order valence-electron chi connectivity index (χ1n) is 9.79. The number of carbonyl (C=O) groups is 1. The summed E-state index contributed by atoms with van der Waals surface area (Å²) in [5.41, 5.74) is 5.56. The molecule has 0 atom stereocenters. The Kier molecular flexibility index (Phi) is 6.57. The number of benzene rings is 2. The number of thiophene rings is 1. The van der Waals surface area contributed by atoms with Gasteiger partial charge in [0.15, 0.2) is 11.5 Å². The van der Waals surface area contributed by atoms with Gasteiger partial charge in [-0.1, -0.05) is 29.8 Å². The first-order valence-corrected chi connectivity index (χ1v) is 11.5. The summed E-state index contributed by atoms with van der Waals surface area (Å²) in [7, 11) is 1.44. The number of phenols is 1. The van der Waals surface area contributed by atoms with Crippen LogP contribution in [0.25, 0.3) is 21.3 Å². The molecule has 2 heterocycles. The molecule has 2 N–H and O–H groups in total. The minimum absolute atomic E-state index is 0.0283. The molecule has 0 saturated heterocycles. The number of fused-ring (bicyclic) bond motifs is 1. The van der Waals surface area contributed by atoms with Gasteiger partial charge in [-0.25, -0.2) is 10.4 Å². The van der Waals surface area contributed by atoms with Gasteiger partial charge in [-0.15, -0.1) is 11.3 Å². The Balaban J connectivity index is 1.53. The summed E-state index contributed by atoms with van der Waals surface area (Å²) in [5, 5.41) is 16.2. The highest BCUT2D eigenvalue weighted by Gasteiger charge is 2.14. The molecule has 0 aliphatic carbocycles. The monoisotopic (exact) mass is 526 g/mol. The Morgan fingerprint density at radius 2 is 2.09 bits per heavy atom. The van der Waals surface area contributed by atoms with Crippen molar-refractivity contribution in [2.24, 2.45) is 5.10 Å². The highest BCUT2D eigenvalue weighted by atomic mass is 79.9. The molecule has 0 saturated carbocycles. The summed E-state index contributed by atoms with van der Waals surface area (Å²) in [6.45, 7) is 1.77. The second kappa shape index (κ2) is 9.55. The zero-order valence-corrected chi connectivity index (χ0v) is 20.1. The largest absolute Gasteiger partial charge is 0.503 e. The van der Waals surface area contributed by atoms with E-state index in [0.717, 1.165) is 16.7 Å². The van der Waals surface area contributed by atoms with Crippen LogP contribution < -0.4 is 15.7 Å². The standard InChI is InChI=1S/C23H19BrN4O4S/c1-13-3-5-15(6-4-13)16-11-33-22-20(16)23(31)28(12-25-22)10-19(29)27-26-9-14-7-17(24)21(30)18(8-14)32-2/h3-9,11-12,30H,10H2,1-2H3,(H,27,29)/b26-9+. The van der Waals surface area contributed by atoms with E-state index in [4.69, 9.17) is 4.74 Å². The molecule has 1 amide bonds. The predicted molar refractivity (Wildman–Crippen MR) is 132 cm³/mol. The lowest BCUT2D eigenvalue weighted by Gasteiger charge is -2.07. The fraction of sp³-hybridized carbons (Fsp3) is 0.130. The van der Waals surface area contributed by atoms with Crippen LogP contribution in [0.5, 0.6) is 11.5 Å². The number of carbonyl (C=O) groups excluding carboxylic acids is 1. The number of aromatic hydroxyl groups is 1. The molecule has 33 heavy (non-hydrogen) atoms. The van der Waals surface area contributed by atoms with E-state index in [2.05, 4.69) is 31.4 Å². The highest BCUT2D eigenvalue weighted by molar-refractivity contribution is 9.10. The van der Waals surface area contributed by atoms with E-state index in [1.165, 1.54) is 35.6 Å². The van der Waals surface area contributed by atoms with E-state index in [1.807, 2.05) is 36.6 Å². The number of ether oxygens (including phenoxy) is 1. The van der Waals surface area contributed by atoms with Gasteiger partial charge in [0.2, 0.25) is 0 Å². The quantitative estimate of drug-likeness (QED) is 0.291. The molecule has 0 fully saturated rings. The summed E-state index contributed by atoms with van der Waals surface area (Å²) in [4.78, 5) is 30.4. The van der Waals surface area contributed by atoms with Gasteiger partial charge in [-0.05, 0) is 46.1 Å². The third-order valence-electron chi connectivity index (χ3n) is 4.91. The number of phenolic OH excluding ortho intramolecular Hbond substituents is 1. The second-order valence-electron chi connectivity index (χ2n) is 7.22. The van der Waals surface area contributed by atoms with Crippen molar-refractivity contribution in [1.82, 2.24) is 15.0 Å². The zero-order valence-electron chi connectivity index (χ0n) is 17.7. The van der Waals surface area contributed by atoms with Crippen LogP contribution in [-0.2, 0) is 11.3 Å². The number of nitrogens with zero attached hydrogens (tertiary/aromatic N) is 3. The second-order valence-corrected chi connectivity index (χ2v) is 8.93. The molecule has 4 aromatic rings. The molecule has 8 nitrogen and oxygen atoms in total. The van der Waals surface area contributed by atoms with Crippen LogP contribution in [0.1, 0.15) is 11.1 Å². The lowest BCUT2D eigenvalue weighted by molar-refractivity contribution is -0.121. The van der Waals surface area contributed by atoms with E-state index in [9.17, 15) is 14.7 Å². The molecule has 2 aromatic carbocycles. The molecular formula is C23H19BrN4O4S. The Bertz CT molecular complexity index is 1430. The topological polar surface area (TPSA) is 106 Å². The summed E-state index contributed by atoms with van der Waals surface area (Å²) in [5.74, 6) is -0.242. The number of aromatic nitrogens is 2. The van der Waals surface area contributed by atoms with Crippen molar-refractivity contribution in [3.05, 3.63) is 74.1 Å². The summed E-state index contributed by atoms with van der Waals surface area (Å²) >= 11 is 4.62. The molecule has 168 valence electrons. The van der Waals surface area contributed by atoms with Crippen molar-refractivity contribution >= 4 is 49.6 Å². The van der Waals surface area contributed by atoms with Crippen LogP contribution in [0.4, 0.5) is 0 Å². The number of hydrazone groups is 1. The summed E-state index contributed by atoms with van der Waals surface area (Å²) in [6, 6.07) is 11.1. The Labute approximate surface area is 201 Å². The summed E-state index contributed by atoms with van der Waals surface area (Å²) < 4.78 is 6.78. The predicted octanol–water partition coefficient (Wildman–Crippen LogP) is 4.06. The Hall–Kier alpha value is -3.50. The van der Waals surface area contributed by atoms with Gasteiger partial charge in [0.05, 0.1) is 29.5 Å². The molecule has 0 aliphatic heterocycles. The fourth-order valence-corrected chi connectivity index (χ4v) is 4.58. The van der Waals surface area contributed by atoms with E-state index < -0.39 is 5.91 Å². The van der Waals surface area contributed by atoms with Crippen molar-refractivity contribution in [1.29, 1.82) is 0 Å². The van der Waals surface area contributed by atoms with Crippen molar-refractivity contribution in [3.63, 3.8) is 0 Å². The lowest BCUT2D eigenvalue weighted by atomic mass is 10.1. The number of halogens is 1. The maximum absolute atomic E-state index is 13.1. The van der Waals surface area contributed by atoms with Crippen LogP contribution in [0.2, 0.25) is 0 Å². The maximum atomic E-state index is 13.1. The first kappa shape index (κ1) is 22.7. The number of nitrogens with one attached hydrogen (secondary N) is 1. The summed E-state index contributed by atoms with van der Waals surface area (Å²) in [6.07, 6.45) is 2.77. The maximum Gasteiger partial charge on any atom is 0.263 e. The van der Waals surface area contributed by atoms with Gasteiger partial charge >= 0.3 is 0 Å². The molecule has 0 spiro atoms. The molecule has 0 unspecified atom stereocenters. The van der Waals surface area contributed by atoms with E-state index in [0.29, 0.717) is 20.3 Å². The van der Waals surface area contributed by atoms with E-state index in [1.54, 1.807) is 12.1 Å². The number of hydrogen-bond donors (Lipinski definition) is 2. The van der Waals surface area contributed by atoms with Gasteiger partial charge in [-0.2, -0.15) is 5.10 Å². The smallest absolute Gasteiger partial charge is 0.263 e. The van der Waals surface area contributed by atoms with Crippen LogP contribution >= 0.6 is 27.3 Å². The number of rotatable bonds is 6. The third-order valence-corrected chi connectivity index (χ3v) is 6.40. The van der Waals surface area contributed by atoms with Crippen LogP contribution in [0.3, 0.4) is 0 Å². The van der Waals surface area contributed by atoms with Crippen molar-refractivity contribution in [3.8, 4) is 22.6 Å². The van der Waals surface area contributed by atoms with E-state index in [-0.39, 0.29) is 23.6 Å². The molecular weight excluding hydrogens is 508 g/mol. The minimum Gasteiger partial charge on any atom is -0.503 e. The highest BCUT2D eigenvalue weighted by Crippen LogP contribution is 2.34. The van der Waals surface area contributed by atoms with E-state index >= 15 is 0 Å². The van der Waals surface area contributed by atoms with Crippen molar-refractivity contribution < 1.29 is 14.6 Å². The zero-order chi connectivity index (χ0) is 23.5. The van der Waals surface area contributed by atoms with Crippen molar-refractivity contribution in [2.45, 2.75) is 13.5 Å². The lowest BCUT2D eigenvalue weighted by Crippen LogP contribution is -2.30. The third kappa shape index (κ3) is 4.81. The van der Waals surface area contributed by atoms with Gasteiger partial charge in [-0.3, -0.25) is 14.2 Å². The number of amides is 1. The van der Waals surface area contributed by atoms with Gasteiger partial charge in [0, 0.05) is 10.9 Å². The Morgan fingerprint density at radius 1 is 1.33 bits per heavy atom. The SMILES string of the molecule is COc1cc(/C=N/NC(=O)Cn2cnc3scc(-c4ccc(C)cc4)c3c2=O)cc(Br)c1O. The van der Waals surface area contributed by atoms with Crippen LogP contribution in [0, 0.1) is 6.92 Å². The minimum atomic E-state index is -0.480. The fourth-order valence-electron chi connectivity index (χ4n) is 3.22.